The lowest BCUT2D eigenvalue weighted by Gasteiger charge is -2.35. The topological polar surface area (TPSA) is 12.0 Å². The zero-order valence-corrected chi connectivity index (χ0v) is 7.76. The van der Waals surface area contributed by atoms with Gasteiger partial charge in [-0.25, -0.2) is 0 Å². The molecular formula is C11H19N. The van der Waals surface area contributed by atoms with Crippen molar-refractivity contribution in [2.24, 2.45) is 17.8 Å². The molecule has 4 atom stereocenters. The molecule has 1 saturated heterocycles. The minimum Gasteiger partial charge on any atom is -0.314 e. The van der Waals surface area contributed by atoms with Crippen molar-refractivity contribution >= 4 is 0 Å². The summed E-state index contributed by atoms with van der Waals surface area (Å²) in [7, 11) is 0. The second-order valence-corrected chi connectivity index (χ2v) is 4.95. The summed E-state index contributed by atoms with van der Waals surface area (Å²) in [6.07, 6.45) is 9.11. The molecule has 0 bridgehead atoms. The van der Waals surface area contributed by atoms with Gasteiger partial charge < -0.3 is 5.32 Å². The Morgan fingerprint density at radius 3 is 2.83 bits per heavy atom. The fourth-order valence-corrected chi connectivity index (χ4v) is 4.00. The van der Waals surface area contributed by atoms with Crippen molar-refractivity contribution in [2.45, 2.75) is 44.6 Å². The summed E-state index contributed by atoms with van der Waals surface area (Å²) in [5.41, 5.74) is 0. The van der Waals surface area contributed by atoms with E-state index in [-0.39, 0.29) is 0 Å². The summed E-state index contributed by atoms with van der Waals surface area (Å²) in [6.45, 7) is 1.30. The standard InChI is InChI=1S/C11H19N/c1-2-8-4-5-11-10(6-7-12-11)9(8)3-1/h8-12H,1-7H2. The molecule has 68 valence electrons. The van der Waals surface area contributed by atoms with Gasteiger partial charge in [0, 0.05) is 6.04 Å². The lowest BCUT2D eigenvalue weighted by atomic mass is 9.71. The monoisotopic (exact) mass is 165 g/mol. The highest BCUT2D eigenvalue weighted by Gasteiger charge is 2.43. The van der Waals surface area contributed by atoms with E-state index >= 15 is 0 Å². The van der Waals surface area contributed by atoms with Gasteiger partial charge >= 0.3 is 0 Å². The van der Waals surface area contributed by atoms with Crippen LogP contribution in [0.4, 0.5) is 0 Å². The lowest BCUT2D eigenvalue weighted by Crippen LogP contribution is -2.37. The lowest BCUT2D eigenvalue weighted by molar-refractivity contribution is 0.168. The van der Waals surface area contributed by atoms with Crippen LogP contribution in [0, 0.1) is 17.8 Å². The number of rotatable bonds is 0. The second kappa shape index (κ2) is 2.73. The van der Waals surface area contributed by atoms with E-state index in [0.717, 1.165) is 23.8 Å². The van der Waals surface area contributed by atoms with Crippen LogP contribution >= 0.6 is 0 Å². The number of hydrogen-bond acceptors (Lipinski definition) is 1. The third-order valence-corrected chi connectivity index (χ3v) is 4.52. The van der Waals surface area contributed by atoms with E-state index in [0.29, 0.717) is 0 Å². The SMILES string of the molecule is C1CC2CCC3NCCC3C2C1. The minimum absolute atomic E-state index is 0.921. The molecule has 0 radical (unpaired) electrons. The van der Waals surface area contributed by atoms with E-state index in [1.165, 1.54) is 32.2 Å². The Kier molecular flexibility index (Phi) is 1.68. The Morgan fingerprint density at radius 1 is 0.833 bits per heavy atom. The summed E-state index contributed by atoms with van der Waals surface area (Å²) < 4.78 is 0. The normalized spacial score (nSPS) is 52.0. The third-order valence-electron chi connectivity index (χ3n) is 4.52. The van der Waals surface area contributed by atoms with Crippen molar-refractivity contribution in [1.29, 1.82) is 0 Å². The molecule has 1 aliphatic heterocycles. The van der Waals surface area contributed by atoms with Gasteiger partial charge in [0.25, 0.3) is 0 Å². The van der Waals surface area contributed by atoms with Gasteiger partial charge in [0.1, 0.15) is 0 Å². The summed E-state index contributed by atoms with van der Waals surface area (Å²) in [4.78, 5) is 0. The molecule has 0 aromatic rings. The summed E-state index contributed by atoms with van der Waals surface area (Å²) in [5, 5.41) is 3.67. The van der Waals surface area contributed by atoms with Crippen LogP contribution in [0.15, 0.2) is 0 Å². The first kappa shape index (κ1) is 7.37. The highest BCUT2D eigenvalue weighted by Crippen LogP contribution is 2.47. The molecule has 0 aromatic heterocycles. The smallest absolute Gasteiger partial charge is 0.00986 e. The van der Waals surface area contributed by atoms with Gasteiger partial charge in [0.15, 0.2) is 0 Å². The molecule has 3 aliphatic rings. The van der Waals surface area contributed by atoms with Crippen LogP contribution in [0.1, 0.15) is 38.5 Å². The van der Waals surface area contributed by atoms with E-state index in [1.807, 2.05) is 0 Å². The summed E-state index contributed by atoms with van der Waals surface area (Å²) >= 11 is 0. The van der Waals surface area contributed by atoms with E-state index in [2.05, 4.69) is 5.32 Å². The van der Waals surface area contributed by atoms with E-state index in [9.17, 15) is 0 Å². The molecule has 0 aromatic carbocycles. The molecule has 1 heterocycles. The van der Waals surface area contributed by atoms with Gasteiger partial charge in [0.05, 0.1) is 0 Å². The van der Waals surface area contributed by atoms with Crippen LogP contribution in [-0.2, 0) is 0 Å². The average Bonchev–Trinajstić information content (AvgIpc) is 2.71. The Bertz CT molecular complexity index is 158. The van der Waals surface area contributed by atoms with E-state index in [1.54, 1.807) is 12.8 Å². The third kappa shape index (κ3) is 0.953. The van der Waals surface area contributed by atoms with Gasteiger partial charge in [-0.3, -0.25) is 0 Å². The summed E-state index contributed by atoms with van der Waals surface area (Å²) in [5.74, 6) is 3.33. The second-order valence-electron chi connectivity index (χ2n) is 4.95. The van der Waals surface area contributed by atoms with E-state index < -0.39 is 0 Å². The largest absolute Gasteiger partial charge is 0.314 e. The highest BCUT2D eigenvalue weighted by molar-refractivity contribution is 4.97. The zero-order chi connectivity index (χ0) is 7.97. The molecule has 0 amide bonds. The predicted octanol–water partition coefficient (Wildman–Crippen LogP) is 2.17. The van der Waals surface area contributed by atoms with Crippen LogP contribution < -0.4 is 5.32 Å². The molecule has 3 rings (SSSR count). The molecule has 12 heavy (non-hydrogen) atoms. The number of fused-ring (bicyclic) bond motifs is 3. The Hall–Kier alpha value is -0.0400. The highest BCUT2D eigenvalue weighted by atomic mass is 15.0. The van der Waals surface area contributed by atoms with Crippen molar-refractivity contribution < 1.29 is 0 Å². The first-order chi connectivity index (χ1) is 5.95. The average molecular weight is 165 g/mol. The summed E-state index contributed by atoms with van der Waals surface area (Å²) in [6, 6.07) is 0.921. The molecule has 1 nitrogen and oxygen atoms in total. The first-order valence-electron chi connectivity index (χ1n) is 5.68. The van der Waals surface area contributed by atoms with Gasteiger partial charge in [-0.1, -0.05) is 12.8 Å². The van der Waals surface area contributed by atoms with Crippen LogP contribution in [0.25, 0.3) is 0 Å². The predicted molar refractivity (Wildman–Crippen MR) is 50.0 cm³/mol. The molecule has 2 saturated carbocycles. The van der Waals surface area contributed by atoms with Gasteiger partial charge in [-0.2, -0.15) is 0 Å². The molecule has 2 aliphatic carbocycles. The molecule has 0 spiro atoms. The van der Waals surface area contributed by atoms with Crippen molar-refractivity contribution in [2.75, 3.05) is 6.54 Å². The first-order valence-corrected chi connectivity index (χ1v) is 5.68. The maximum absolute atomic E-state index is 3.67. The number of hydrogen-bond donors (Lipinski definition) is 1. The minimum atomic E-state index is 0.921. The van der Waals surface area contributed by atoms with Crippen LogP contribution in [0.3, 0.4) is 0 Å². The maximum Gasteiger partial charge on any atom is 0.00986 e. The number of nitrogens with one attached hydrogen (secondary N) is 1. The van der Waals surface area contributed by atoms with Gasteiger partial charge in [0.2, 0.25) is 0 Å². The van der Waals surface area contributed by atoms with Crippen molar-refractivity contribution in [3.05, 3.63) is 0 Å². The Labute approximate surface area is 74.9 Å². The molecular weight excluding hydrogens is 146 g/mol. The maximum atomic E-state index is 3.67. The van der Waals surface area contributed by atoms with Crippen LogP contribution in [0.2, 0.25) is 0 Å². The molecule has 1 N–H and O–H groups in total. The van der Waals surface area contributed by atoms with Crippen molar-refractivity contribution in [3.63, 3.8) is 0 Å². The molecule has 4 unspecified atom stereocenters. The Morgan fingerprint density at radius 2 is 1.83 bits per heavy atom. The fourth-order valence-electron chi connectivity index (χ4n) is 4.00. The Balaban J connectivity index is 1.81. The van der Waals surface area contributed by atoms with Gasteiger partial charge in [-0.05, 0) is 50.0 Å². The zero-order valence-electron chi connectivity index (χ0n) is 7.76. The fraction of sp³-hybridized carbons (Fsp3) is 1.00. The van der Waals surface area contributed by atoms with Crippen LogP contribution in [0.5, 0.6) is 0 Å². The molecule has 1 heteroatoms. The quantitative estimate of drug-likeness (QED) is 0.580. The van der Waals surface area contributed by atoms with Crippen molar-refractivity contribution in [1.82, 2.24) is 5.32 Å². The van der Waals surface area contributed by atoms with Crippen molar-refractivity contribution in [3.8, 4) is 0 Å². The molecule has 3 fully saturated rings. The van der Waals surface area contributed by atoms with E-state index in [4.69, 9.17) is 0 Å². The van der Waals surface area contributed by atoms with Crippen LogP contribution in [-0.4, -0.2) is 12.6 Å². The van der Waals surface area contributed by atoms with Gasteiger partial charge in [-0.15, -0.1) is 0 Å².